The number of allylic oxidation sites excluding steroid dienone is 1. The van der Waals surface area contributed by atoms with Crippen LogP contribution in [0.2, 0.25) is 0 Å². The van der Waals surface area contributed by atoms with E-state index >= 15 is 0 Å². The normalized spacial score (nSPS) is 53.1. The van der Waals surface area contributed by atoms with E-state index in [0.717, 1.165) is 12.0 Å². The van der Waals surface area contributed by atoms with Gasteiger partial charge in [0.25, 0.3) is 0 Å². The number of hydrogen-bond acceptors (Lipinski definition) is 5. The van der Waals surface area contributed by atoms with Crippen molar-refractivity contribution in [2.45, 2.75) is 71.6 Å². The molecule has 0 aromatic carbocycles. The van der Waals surface area contributed by atoms with Crippen molar-refractivity contribution < 1.29 is 24.5 Å². The minimum atomic E-state index is -1.71. The van der Waals surface area contributed by atoms with Crippen LogP contribution in [0, 0.1) is 34.5 Å². The van der Waals surface area contributed by atoms with Gasteiger partial charge in [-0.05, 0) is 61.5 Å². The smallest absolute Gasteiger partial charge is 0.164 e. The molecule has 5 rings (SSSR count). The number of Topliss-reactive ketones (excluding diaryl/α,β-unsaturated/α-hetero) is 1. The molecule has 2 N–H and O–H groups in total. The molecule has 1 saturated heterocycles. The van der Waals surface area contributed by atoms with Gasteiger partial charge in [0.1, 0.15) is 17.8 Å². The van der Waals surface area contributed by atoms with Gasteiger partial charge in [0.05, 0.1) is 12.0 Å². The predicted molar refractivity (Wildman–Crippen MR) is 103 cm³/mol. The molecule has 1 aliphatic heterocycles. The molecule has 2 saturated carbocycles. The molecule has 0 aromatic rings. The molecular weight excluding hydrogens is 356 g/mol. The number of carbonyl (C=O) groups is 1. The summed E-state index contributed by atoms with van der Waals surface area (Å²) in [6, 6.07) is 0. The Bertz CT molecular complexity index is 823. The number of carbonyl (C=O) groups excluding carboxylic acids is 1. The number of aliphatic hydroxyl groups is 2. The average molecular weight is 389 g/mol. The molecular formula is C23H32O5. The number of rotatable bonds is 0. The van der Waals surface area contributed by atoms with Crippen LogP contribution < -0.4 is 0 Å². The summed E-state index contributed by atoms with van der Waals surface area (Å²) in [5.41, 5.74) is -1.29. The van der Waals surface area contributed by atoms with Gasteiger partial charge in [0.2, 0.25) is 0 Å². The van der Waals surface area contributed by atoms with Crippen molar-refractivity contribution in [1.82, 2.24) is 0 Å². The van der Waals surface area contributed by atoms with Crippen LogP contribution in [0.3, 0.4) is 0 Å². The Kier molecular flexibility index (Phi) is 3.51. The first-order chi connectivity index (χ1) is 12.9. The first-order valence-corrected chi connectivity index (χ1v) is 10.5. The fourth-order valence-electron chi connectivity index (χ4n) is 7.14. The Balaban J connectivity index is 1.77. The Morgan fingerprint density at radius 3 is 2.57 bits per heavy atom. The first kappa shape index (κ1) is 19.0. The lowest BCUT2D eigenvalue weighted by Crippen LogP contribution is -2.67. The molecule has 1 heterocycles. The Morgan fingerprint density at radius 2 is 1.89 bits per heavy atom. The third-order valence-electron chi connectivity index (χ3n) is 8.71. The zero-order chi connectivity index (χ0) is 20.4. The van der Waals surface area contributed by atoms with Crippen LogP contribution in [0.25, 0.3) is 0 Å². The molecule has 5 nitrogen and oxygen atoms in total. The van der Waals surface area contributed by atoms with Crippen LogP contribution in [-0.4, -0.2) is 46.2 Å². The topological polar surface area (TPSA) is 76.0 Å². The Hall–Kier alpha value is -1.01. The molecule has 28 heavy (non-hydrogen) atoms. The average Bonchev–Trinajstić information content (AvgIpc) is 3.10. The van der Waals surface area contributed by atoms with Gasteiger partial charge in [0.15, 0.2) is 11.6 Å². The van der Waals surface area contributed by atoms with Gasteiger partial charge in [-0.15, -0.1) is 0 Å². The Labute approximate surface area is 166 Å². The van der Waals surface area contributed by atoms with E-state index in [4.69, 9.17) is 9.47 Å². The number of ketones is 1. The molecule has 2 bridgehead atoms. The van der Waals surface area contributed by atoms with E-state index in [1.165, 1.54) is 0 Å². The van der Waals surface area contributed by atoms with Crippen molar-refractivity contribution in [1.29, 1.82) is 0 Å². The quantitative estimate of drug-likeness (QED) is 0.624. The number of hydrogen-bond donors (Lipinski definition) is 2. The minimum absolute atomic E-state index is 0.0415. The maximum Gasteiger partial charge on any atom is 0.164 e. The lowest BCUT2D eigenvalue weighted by Gasteiger charge is -2.52. The molecule has 0 radical (unpaired) electrons. The second-order valence-electron chi connectivity index (χ2n) is 10.9. The molecule has 154 valence electrons. The van der Waals surface area contributed by atoms with Gasteiger partial charge >= 0.3 is 0 Å². The summed E-state index contributed by atoms with van der Waals surface area (Å²) in [6.45, 7) is 12.3. The van der Waals surface area contributed by atoms with Gasteiger partial charge in [0, 0.05) is 5.92 Å². The molecule has 8 atom stereocenters. The van der Waals surface area contributed by atoms with E-state index in [-0.39, 0.29) is 29.0 Å². The summed E-state index contributed by atoms with van der Waals surface area (Å²) >= 11 is 0. The molecule has 0 unspecified atom stereocenters. The molecule has 0 aromatic heterocycles. The largest absolute Gasteiger partial charge is 0.386 e. The van der Waals surface area contributed by atoms with Gasteiger partial charge in [-0.3, -0.25) is 4.79 Å². The second-order valence-corrected chi connectivity index (χ2v) is 10.9. The van der Waals surface area contributed by atoms with E-state index in [1.807, 2.05) is 32.9 Å². The minimum Gasteiger partial charge on any atom is -0.386 e. The highest BCUT2D eigenvalue weighted by Gasteiger charge is 2.76. The Morgan fingerprint density at radius 1 is 1.21 bits per heavy atom. The second kappa shape index (κ2) is 5.18. The third-order valence-corrected chi connectivity index (χ3v) is 8.71. The molecule has 3 fully saturated rings. The van der Waals surface area contributed by atoms with E-state index in [2.05, 4.69) is 20.8 Å². The zero-order valence-electron chi connectivity index (χ0n) is 17.7. The maximum atomic E-state index is 14.1. The predicted octanol–water partition coefficient (Wildman–Crippen LogP) is 2.61. The van der Waals surface area contributed by atoms with Crippen LogP contribution in [0.15, 0.2) is 23.3 Å². The van der Waals surface area contributed by atoms with Crippen LogP contribution in [0.1, 0.15) is 48.0 Å². The standard InChI is InChI=1S/C23H32O5/c1-11-9-22-12(2)7-15-16(20(15,3)4)14(18(22)25)8-13-10-27-21(5,6)28-19(13)23(22,26)17(11)24/h8-9,12,14-17,19,24,26H,7,10H2,1-6H3/t12-,14+,15-,16+,17+,19-,22-,23-/m1/s1. The summed E-state index contributed by atoms with van der Waals surface area (Å²) < 4.78 is 12.1. The SMILES string of the molecule is CC1=C[C@@]23C(=O)[C@@H](C=C4COC(C)(C)O[C@H]4[C@]2(O)[C@H]1O)[C@H]1[C@@H](C[C@H]3C)C1(C)C. The summed E-state index contributed by atoms with van der Waals surface area (Å²) in [7, 11) is 0. The van der Waals surface area contributed by atoms with E-state index in [1.54, 1.807) is 0 Å². The van der Waals surface area contributed by atoms with Crippen molar-refractivity contribution in [2.24, 2.45) is 34.5 Å². The van der Waals surface area contributed by atoms with Gasteiger partial charge in [-0.1, -0.05) is 32.9 Å². The molecule has 5 aliphatic rings. The van der Waals surface area contributed by atoms with Crippen LogP contribution in [0.4, 0.5) is 0 Å². The fraction of sp³-hybridized carbons (Fsp3) is 0.783. The van der Waals surface area contributed by atoms with Gasteiger partial charge in [-0.2, -0.15) is 0 Å². The maximum absolute atomic E-state index is 14.1. The molecule has 0 amide bonds. The fourth-order valence-corrected chi connectivity index (χ4v) is 7.14. The van der Waals surface area contributed by atoms with Crippen molar-refractivity contribution in [3.05, 3.63) is 23.3 Å². The summed E-state index contributed by atoms with van der Waals surface area (Å²) in [5, 5.41) is 23.4. The summed E-state index contributed by atoms with van der Waals surface area (Å²) in [4.78, 5) is 14.1. The summed E-state index contributed by atoms with van der Waals surface area (Å²) in [5.74, 6) is -0.504. The molecule has 5 heteroatoms. The lowest BCUT2D eigenvalue weighted by atomic mass is 9.59. The molecule has 1 spiro atoms. The van der Waals surface area contributed by atoms with Gasteiger partial charge < -0.3 is 19.7 Å². The van der Waals surface area contributed by atoms with Crippen molar-refractivity contribution in [2.75, 3.05) is 6.61 Å². The van der Waals surface area contributed by atoms with Crippen LogP contribution in [0.5, 0.6) is 0 Å². The lowest BCUT2D eigenvalue weighted by molar-refractivity contribution is -0.303. The number of fused-ring (bicyclic) bond motifs is 5. The first-order valence-electron chi connectivity index (χ1n) is 10.5. The highest BCUT2D eigenvalue weighted by atomic mass is 16.7. The van der Waals surface area contributed by atoms with Gasteiger partial charge in [-0.25, -0.2) is 0 Å². The number of aliphatic hydroxyl groups excluding tert-OH is 1. The van der Waals surface area contributed by atoms with Crippen molar-refractivity contribution in [3.63, 3.8) is 0 Å². The van der Waals surface area contributed by atoms with Crippen LogP contribution in [-0.2, 0) is 14.3 Å². The highest BCUT2D eigenvalue weighted by Crippen LogP contribution is 2.72. The van der Waals surface area contributed by atoms with E-state index in [9.17, 15) is 15.0 Å². The van der Waals surface area contributed by atoms with E-state index < -0.39 is 29.0 Å². The molecule has 4 aliphatic carbocycles. The number of ether oxygens (including phenoxy) is 2. The summed E-state index contributed by atoms with van der Waals surface area (Å²) in [6.07, 6.45) is 2.85. The van der Waals surface area contributed by atoms with Crippen molar-refractivity contribution >= 4 is 5.78 Å². The van der Waals surface area contributed by atoms with Crippen molar-refractivity contribution in [3.8, 4) is 0 Å². The highest BCUT2D eigenvalue weighted by molar-refractivity contribution is 5.95. The monoisotopic (exact) mass is 388 g/mol. The third kappa shape index (κ3) is 1.95. The zero-order valence-corrected chi connectivity index (χ0v) is 17.7. The van der Waals surface area contributed by atoms with Crippen LogP contribution >= 0.6 is 0 Å². The van der Waals surface area contributed by atoms with E-state index in [0.29, 0.717) is 18.1 Å².